The van der Waals surface area contributed by atoms with Crippen LogP contribution in [0.4, 0.5) is 5.69 Å². The van der Waals surface area contributed by atoms with Crippen molar-refractivity contribution in [3.8, 4) is 0 Å². The highest BCUT2D eigenvalue weighted by atomic mass is 79.9. The highest BCUT2D eigenvalue weighted by Gasteiger charge is 2.12. The highest BCUT2D eigenvalue weighted by molar-refractivity contribution is 9.09. The largest absolute Gasteiger partial charge is 0.368 e. The van der Waals surface area contributed by atoms with Crippen molar-refractivity contribution in [3.05, 3.63) is 23.5 Å². The molecule has 0 aliphatic rings. The van der Waals surface area contributed by atoms with Crippen molar-refractivity contribution in [1.82, 2.24) is 4.98 Å². The lowest BCUT2D eigenvalue weighted by Crippen LogP contribution is -2.32. The SMILES string of the molecule is CC(C)N(CCCBr)c1ccncc1Cl. The van der Waals surface area contributed by atoms with E-state index in [1.165, 1.54) is 0 Å². The van der Waals surface area contributed by atoms with Gasteiger partial charge in [0, 0.05) is 30.3 Å². The van der Waals surface area contributed by atoms with E-state index in [9.17, 15) is 0 Å². The van der Waals surface area contributed by atoms with Crippen molar-refractivity contribution in [2.24, 2.45) is 0 Å². The first kappa shape index (κ1) is 12.8. The Balaban J connectivity index is 2.84. The molecule has 0 N–H and O–H groups in total. The molecule has 0 unspecified atom stereocenters. The van der Waals surface area contributed by atoms with Crippen molar-refractivity contribution >= 4 is 33.2 Å². The Morgan fingerprint density at radius 1 is 1.53 bits per heavy atom. The van der Waals surface area contributed by atoms with Crippen LogP contribution in [0, 0.1) is 0 Å². The molecule has 0 fully saturated rings. The number of hydrogen-bond donors (Lipinski definition) is 0. The second-order valence-corrected chi connectivity index (χ2v) is 4.86. The number of alkyl halides is 1. The summed E-state index contributed by atoms with van der Waals surface area (Å²) in [6.07, 6.45) is 4.59. The summed E-state index contributed by atoms with van der Waals surface area (Å²) >= 11 is 9.57. The minimum Gasteiger partial charge on any atom is -0.368 e. The van der Waals surface area contributed by atoms with Gasteiger partial charge in [0.25, 0.3) is 0 Å². The third-order valence-corrected chi connectivity index (χ3v) is 3.07. The van der Waals surface area contributed by atoms with Crippen LogP contribution in [0.15, 0.2) is 18.5 Å². The smallest absolute Gasteiger partial charge is 0.0822 e. The summed E-state index contributed by atoms with van der Waals surface area (Å²) < 4.78 is 0. The van der Waals surface area contributed by atoms with E-state index < -0.39 is 0 Å². The van der Waals surface area contributed by atoms with Crippen LogP contribution < -0.4 is 4.90 Å². The lowest BCUT2D eigenvalue weighted by atomic mass is 10.2. The van der Waals surface area contributed by atoms with Crippen LogP contribution >= 0.6 is 27.5 Å². The van der Waals surface area contributed by atoms with Crippen LogP contribution in [0.25, 0.3) is 0 Å². The average molecular weight is 292 g/mol. The molecule has 84 valence electrons. The maximum absolute atomic E-state index is 6.13. The van der Waals surface area contributed by atoms with Crippen molar-refractivity contribution in [2.45, 2.75) is 26.3 Å². The van der Waals surface area contributed by atoms with Gasteiger partial charge < -0.3 is 4.90 Å². The van der Waals surface area contributed by atoms with Gasteiger partial charge >= 0.3 is 0 Å². The molecule has 15 heavy (non-hydrogen) atoms. The van der Waals surface area contributed by atoms with E-state index in [0.717, 1.165) is 29.0 Å². The van der Waals surface area contributed by atoms with Gasteiger partial charge in [0.15, 0.2) is 0 Å². The fourth-order valence-corrected chi connectivity index (χ4v) is 1.97. The Kier molecular flexibility index (Phi) is 5.40. The maximum atomic E-state index is 6.13. The molecule has 0 aliphatic carbocycles. The van der Waals surface area contributed by atoms with Crippen LogP contribution in [-0.2, 0) is 0 Å². The fraction of sp³-hybridized carbons (Fsp3) is 0.545. The van der Waals surface area contributed by atoms with Crippen LogP contribution in [0.1, 0.15) is 20.3 Å². The molecule has 0 aromatic carbocycles. The van der Waals surface area contributed by atoms with Crippen LogP contribution in [-0.4, -0.2) is 22.9 Å². The number of aromatic nitrogens is 1. The van der Waals surface area contributed by atoms with E-state index >= 15 is 0 Å². The van der Waals surface area contributed by atoms with Crippen molar-refractivity contribution in [3.63, 3.8) is 0 Å². The molecule has 2 nitrogen and oxygen atoms in total. The van der Waals surface area contributed by atoms with Crippen LogP contribution in [0.2, 0.25) is 5.02 Å². The molecule has 1 heterocycles. The maximum Gasteiger partial charge on any atom is 0.0822 e. The monoisotopic (exact) mass is 290 g/mol. The first-order chi connectivity index (χ1) is 7.16. The Bertz CT molecular complexity index is 304. The Hall–Kier alpha value is -0.280. The normalized spacial score (nSPS) is 10.7. The third-order valence-electron chi connectivity index (χ3n) is 2.22. The summed E-state index contributed by atoms with van der Waals surface area (Å²) in [5.74, 6) is 0. The molecule has 0 bridgehead atoms. The lowest BCUT2D eigenvalue weighted by molar-refractivity contribution is 0.674. The second-order valence-electron chi connectivity index (χ2n) is 3.66. The summed E-state index contributed by atoms with van der Waals surface area (Å²) in [7, 11) is 0. The van der Waals surface area contributed by atoms with Gasteiger partial charge in [-0.2, -0.15) is 0 Å². The van der Waals surface area contributed by atoms with E-state index in [-0.39, 0.29) is 0 Å². The fourth-order valence-electron chi connectivity index (χ4n) is 1.49. The molecule has 0 atom stereocenters. The molecule has 0 aliphatic heterocycles. The minimum atomic E-state index is 0.448. The molecule has 0 saturated carbocycles. The number of halogens is 2. The van der Waals surface area contributed by atoms with Gasteiger partial charge in [-0.15, -0.1) is 0 Å². The predicted octanol–water partition coefficient (Wildman–Crippen LogP) is 3.73. The zero-order chi connectivity index (χ0) is 11.3. The molecule has 0 saturated heterocycles. The van der Waals surface area contributed by atoms with Crippen LogP contribution in [0.3, 0.4) is 0 Å². The van der Waals surface area contributed by atoms with E-state index in [2.05, 4.69) is 39.7 Å². The lowest BCUT2D eigenvalue weighted by Gasteiger charge is -2.29. The van der Waals surface area contributed by atoms with Gasteiger partial charge in [-0.25, -0.2) is 0 Å². The van der Waals surface area contributed by atoms with Crippen LogP contribution in [0.5, 0.6) is 0 Å². The van der Waals surface area contributed by atoms with Gasteiger partial charge in [0.05, 0.1) is 10.7 Å². The second kappa shape index (κ2) is 6.33. The first-order valence-corrected chi connectivity index (χ1v) is 6.59. The first-order valence-electron chi connectivity index (χ1n) is 5.09. The Morgan fingerprint density at radius 3 is 2.80 bits per heavy atom. The van der Waals surface area contributed by atoms with Crippen molar-refractivity contribution in [2.75, 3.05) is 16.8 Å². The molecular weight excluding hydrogens is 275 g/mol. The van der Waals surface area contributed by atoms with Gasteiger partial charge in [-0.05, 0) is 26.3 Å². The Labute approximate surface area is 105 Å². The van der Waals surface area contributed by atoms with Gasteiger partial charge in [-0.3, -0.25) is 4.98 Å². The summed E-state index contributed by atoms with van der Waals surface area (Å²) in [6, 6.07) is 2.42. The standard InChI is InChI=1S/C11H16BrClN2/c1-9(2)15(7-3-5-12)11-4-6-14-8-10(11)13/h4,6,8-9H,3,5,7H2,1-2H3. The van der Waals surface area contributed by atoms with Crippen molar-refractivity contribution < 1.29 is 0 Å². The average Bonchev–Trinajstić information content (AvgIpc) is 2.20. The van der Waals surface area contributed by atoms with E-state index in [0.29, 0.717) is 6.04 Å². The molecular formula is C11H16BrClN2. The summed E-state index contributed by atoms with van der Waals surface area (Å²) in [6.45, 7) is 5.35. The number of anilines is 1. The molecule has 0 spiro atoms. The van der Waals surface area contributed by atoms with E-state index in [1.807, 2.05) is 6.07 Å². The van der Waals surface area contributed by atoms with Gasteiger partial charge in [-0.1, -0.05) is 27.5 Å². The highest BCUT2D eigenvalue weighted by Crippen LogP contribution is 2.26. The summed E-state index contributed by atoms with van der Waals surface area (Å²) in [5, 5.41) is 1.74. The molecule has 4 heteroatoms. The predicted molar refractivity (Wildman–Crippen MR) is 70.1 cm³/mol. The number of nitrogens with zero attached hydrogens (tertiary/aromatic N) is 2. The molecule has 0 amide bonds. The molecule has 1 aromatic rings. The topological polar surface area (TPSA) is 16.1 Å². The quantitative estimate of drug-likeness (QED) is 0.768. The molecule has 0 radical (unpaired) electrons. The number of rotatable bonds is 5. The van der Waals surface area contributed by atoms with E-state index in [1.54, 1.807) is 12.4 Å². The summed E-state index contributed by atoms with van der Waals surface area (Å²) in [5.41, 5.74) is 1.07. The zero-order valence-corrected chi connectivity index (χ0v) is 11.4. The molecule has 1 aromatic heterocycles. The number of hydrogen-bond acceptors (Lipinski definition) is 2. The van der Waals surface area contributed by atoms with E-state index in [4.69, 9.17) is 11.6 Å². The zero-order valence-electron chi connectivity index (χ0n) is 9.08. The Morgan fingerprint density at radius 2 is 2.27 bits per heavy atom. The van der Waals surface area contributed by atoms with Gasteiger partial charge in [0.2, 0.25) is 0 Å². The molecule has 1 rings (SSSR count). The van der Waals surface area contributed by atoms with Crippen molar-refractivity contribution in [1.29, 1.82) is 0 Å². The minimum absolute atomic E-state index is 0.448. The summed E-state index contributed by atoms with van der Waals surface area (Å²) in [4.78, 5) is 6.30. The number of pyridine rings is 1. The third kappa shape index (κ3) is 3.65. The van der Waals surface area contributed by atoms with Gasteiger partial charge in [0.1, 0.15) is 0 Å².